The van der Waals surface area contributed by atoms with Crippen LogP contribution in [-0.4, -0.2) is 40.3 Å². The summed E-state index contributed by atoms with van der Waals surface area (Å²) in [6, 6.07) is 1.26. The van der Waals surface area contributed by atoms with Crippen LogP contribution in [0.3, 0.4) is 0 Å². The van der Waals surface area contributed by atoms with E-state index in [0.29, 0.717) is 19.0 Å². The Labute approximate surface area is 113 Å². The standard InChI is InChI=1S/C12H13FN2O5/c13-9-5-11(15(19)20)10(4-8(9)12(17)18)14-3-1-2-7(14)6-16/h4-5,7,16H,1-3,6H2,(H,17,18). The zero-order valence-corrected chi connectivity index (χ0v) is 10.5. The topological polar surface area (TPSA) is 104 Å². The summed E-state index contributed by atoms with van der Waals surface area (Å²) in [6.07, 6.45) is 1.37. The van der Waals surface area contributed by atoms with Crippen LogP contribution in [0.1, 0.15) is 23.2 Å². The van der Waals surface area contributed by atoms with E-state index in [1.165, 1.54) is 0 Å². The number of hydrogen-bond donors (Lipinski definition) is 2. The SMILES string of the molecule is O=C(O)c1cc(N2CCCC2CO)c([N+](=O)[O-])cc1F. The molecule has 1 unspecified atom stereocenters. The van der Waals surface area contributed by atoms with Gasteiger partial charge in [0.05, 0.1) is 29.2 Å². The molecule has 0 spiro atoms. The van der Waals surface area contributed by atoms with Crippen LogP contribution in [0.2, 0.25) is 0 Å². The molecule has 0 radical (unpaired) electrons. The van der Waals surface area contributed by atoms with Gasteiger partial charge >= 0.3 is 5.97 Å². The average molecular weight is 284 g/mol. The third kappa shape index (κ3) is 2.42. The third-order valence-corrected chi connectivity index (χ3v) is 3.39. The fourth-order valence-electron chi connectivity index (χ4n) is 2.43. The molecular weight excluding hydrogens is 271 g/mol. The number of hydrogen-bond acceptors (Lipinski definition) is 5. The zero-order valence-electron chi connectivity index (χ0n) is 10.5. The van der Waals surface area contributed by atoms with Gasteiger partial charge in [-0.05, 0) is 18.9 Å². The van der Waals surface area contributed by atoms with E-state index in [1.54, 1.807) is 4.90 Å². The molecule has 1 aromatic carbocycles. The monoisotopic (exact) mass is 284 g/mol. The molecule has 1 fully saturated rings. The molecular formula is C12H13FN2O5. The molecule has 20 heavy (non-hydrogen) atoms. The first-order chi connectivity index (χ1) is 9.45. The normalized spacial score (nSPS) is 18.3. The lowest BCUT2D eigenvalue weighted by atomic mass is 10.1. The van der Waals surface area contributed by atoms with Crippen molar-refractivity contribution in [1.29, 1.82) is 0 Å². The van der Waals surface area contributed by atoms with Gasteiger partial charge in [-0.3, -0.25) is 10.1 Å². The summed E-state index contributed by atoms with van der Waals surface area (Å²) in [4.78, 5) is 22.8. The summed E-state index contributed by atoms with van der Waals surface area (Å²) in [6.45, 7) is 0.258. The molecule has 7 nitrogen and oxygen atoms in total. The fourth-order valence-corrected chi connectivity index (χ4v) is 2.43. The molecule has 2 N–H and O–H groups in total. The number of anilines is 1. The van der Waals surface area contributed by atoms with E-state index in [-0.39, 0.29) is 18.3 Å². The lowest BCUT2D eigenvalue weighted by molar-refractivity contribution is -0.384. The Balaban J connectivity index is 2.56. The number of nitro groups is 1. The number of rotatable bonds is 4. The molecule has 2 rings (SSSR count). The molecule has 0 aliphatic carbocycles. The van der Waals surface area contributed by atoms with Crippen LogP contribution in [0.5, 0.6) is 0 Å². The van der Waals surface area contributed by atoms with Gasteiger partial charge in [0, 0.05) is 6.54 Å². The van der Waals surface area contributed by atoms with Gasteiger partial charge in [-0.15, -0.1) is 0 Å². The summed E-state index contributed by atoms with van der Waals surface area (Å²) in [7, 11) is 0. The minimum Gasteiger partial charge on any atom is -0.478 e. The Bertz CT molecular complexity index is 563. The minimum atomic E-state index is -1.49. The van der Waals surface area contributed by atoms with Gasteiger partial charge in [0.2, 0.25) is 0 Å². The maximum Gasteiger partial charge on any atom is 0.338 e. The van der Waals surface area contributed by atoms with Gasteiger partial charge in [-0.25, -0.2) is 9.18 Å². The number of aliphatic hydroxyl groups is 1. The molecule has 1 atom stereocenters. The number of carboxylic acids is 1. The number of aliphatic hydroxyl groups excluding tert-OH is 1. The maximum atomic E-state index is 13.6. The Hall–Kier alpha value is -2.22. The molecule has 1 aliphatic rings. The summed E-state index contributed by atoms with van der Waals surface area (Å²) in [5.41, 5.74) is -1.08. The van der Waals surface area contributed by atoms with Crippen LogP contribution >= 0.6 is 0 Å². The smallest absolute Gasteiger partial charge is 0.338 e. The predicted octanol–water partition coefficient (Wildman–Crippen LogP) is 1.39. The quantitative estimate of drug-likeness (QED) is 0.639. The molecule has 1 aliphatic heterocycles. The number of halogens is 1. The Morgan fingerprint density at radius 1 is 1.55 bits per heavy atom. The van der Waals surface area contributed by atoms with E-state index in [4.69, 9.17) is 5.11 Å². The highest BCUT2D eigenvalue weighted by molar-refractivity contribution is 5.90. The van der Waals surface area contributed by atoms with Crippen LogP contribution in [-0.2, 0) is 0 Å². The highest BCUT2D eigenvalue weighted by atomic mass is 19.1. The minimum absolute atomic E-state index is 0.0327. The number of nitrogens with zero attached hydrogens (tertiary/aromatic N) is 2. The van der Waals surface area contributed by atoms with Crippen LogP contribution in [0.4, 0.5) is 15.8 Å². The Morgan fingerprint density at radius 3 is 2.80 bits per heavy atom. The second-order valence-electron chi connectivity index (χ2n) is 4.56. The van der Waals surface area contributed by atoms with E-state index in [9.17, 15) is 24.4 Å². The molecule has 0 saturated carbocycles. The van der Waals surface area contributed by atoms with Crippen LogP contribution in [0.25, 0.3) is 0 Å². The van der Waals surface area contributed by atoms with Crippen molar-refractivity contribution >= 4 is 17.3 Å². The number of carboxylic acid groups (broad SMARTS) is 1. The van der Waals surface area contributed by atoms with Gasteiger partial charge in [0.15, 0.2) is 0 Å². The molecule has 0 bridgehead atoms. The number of aromatic carboxylic acids is 1. The van der Waals surface area contributed by atoms with Crippen LogP contribution in [0, 0.1) is 15.9 Å². The maximum absolute atomic E-state index is 13.6. The Kier molecular flexibility index (Phi) is 3.84. The largest absolute Gasteiger partial charge is 0.478 e. The summed E-state index contributed by atoms with van der Waals surface area (Å²) in [5.74, 6) is -2.63. The van der Waals surface area contributed by atoms with E-state index in [1.807, 2.05) is 0 Å². The summed E-state index contributed by atoms with van der Waals surface area (Å²) >= 11 is 0. The second-order valence-corrected chi connectivity index (χ2v) is 4.56. The first kappa shape index (κ1) is 14.2. The van der Waals surface area contributed by atoms with Gasteiger partial charge < -0.3 is 15.1 Å². The molecule has 0 aromatic heterocycles. The van der Waals surface area contributed by atoms with Crippen molar-refractivity contribution in [2.24, 2.45) is 0 Å². The number of carbonyl (C=O) groups is 1. The molecule has 8 heteroatoms. The van der Waals surface area contributed by atoms with E-state index in [2.05, 4.69) is 0 Å². The van der Waals surface area contributed by atoms with Gasteiger partial charge in [0.1, 0.15) is 11.5 Å². The van der Waals surface area contributed by atoms with Crippen molar-refractivity contribution in [3.05, 3.63) is 33.6 Å². The van der Waals surface area contributed by atoms with E-state index >= 15 is 0 Å². The van der Waals surface area contributed by atoms with Crippen molar-refractivity contribution < 1.29 is 24.3 Å². The zero-order chi connectivity index (χ0) is 14.9. The van der Waals surface area contributed by atoms with E-state index < -0.39 is 28.0 Å². The lowest BCUT2D eigenvalue weighted by Gasteiger charge is -2.25. The van der Waals surface area contributed by atoms with Gasteiger partial charge in [-0.2, -0.15) is 0 Å². The van der Waals surface area contributed by atoms with Crippen molar-refractivity contribution in [1.82, 2.24) is 0 Å². The molecule has 108 valence electrons. The van der Waals surface area contributed by atoms with Crippen molar-refractivity contribution in [2.45, 2.75) is 18.9 Å². The number of nitro benzene ring substituents is 1. The highest BCUT2D eigenvalue weighted by Gasteiger charge is 2.31. The van der Waals surface area contributed by atoms with Crippen LogP contribution in [0.15, 0.2) is 12.1 Å². The fraction of sp³-hybridized carbons (Fsp3) is 0.417. The molecule has 0 amide bonds. The summed E-state index contributed by atoms with van der Waals surface area (Å²) < 4.78 is 13.6. The molecule has 1 saturated heterocycles. The third-order valence-electron chi connectivity index (χ3n) is 3.39. The molecule has 1 aromatic rings. The van der Waals surface area contributed by atoms with Gasteiger partial charge in [0.25, 0.3) is 5.69 Å². The van der Waals surface area contributed by atoms with Gasteiger partial charge in [-0.1, -0.05) is 0 Å². The summed E-state index contributed by atoms with van der Waals surface area (Å²) in [5, 5.41) is 29.2. The number of benzene rings is 1. The predicted molar refractivity (Wildman–Crippen MR) is 67.5 cm³/mol. The van der Waals surface area contributed by atoms with Crippen molar-refractivity contribution in [2.75, 3.05) is 18.1 Å². The highest BCUT2D eigenvalue weighted by Crippen LogP contribution is 2.35. The van der Waals surface area contributed by atoms with Crippen LogP contribution < -0.4 is 4.90 Å². The van der Waals surface area contributed by atoms with Crippen molar-refractivity contribution in [3.63, 3.8) is 0 Å². The lowest BCUT2D eigenvalue weighted by Crippen LogP contribution is -2.32. The van der Waals surface area contributed by atoms with Crippen molar-refractivity contribution in [3.8, 4) is 0 Å². The second kappa shape index (κ2) is 5.41. The first-order valence-electron chi connectivity index (χ1n) is 6.04. The first-order valence-corrected chi connectivity index (χ1v) is 6.04. The molecule has 1 heterocycles. The van der Waals surface area contributed by atoms with E-state index in [0.717, 1.165) is 12.5 Å². The average Bonchev–Trinajstić information content (AvgIpc) is 2.85. The Morgan fingerprint density at radius 2 is 2.25 bits per heavy atom.